The van der Waals surface area contributed by atoms with Gasteiger partial charge in [0.25, 0.3) is 0 Å². The molecule has 0 radical (unpaired) electrons. The highest BCUT2D eigenvalue weighted by Gasteiger charge is 1.92. The summed E-state index contributed by atoms with van der Waals surface area (Å²) in [6.45, 7) is 10.5. The number of hydrogen-bond acceptors (Lipinski definition) is 2. The average molecular weight is 175 g/mol. The summed E-state index contributed by atoms with van der Waals surface area (Å²) < 4.78 is 0. The molecule has 2 heteroatoms. The van der Waals surface area contributed by atoms with E-state index in [1.807, 2.05) is 46.7 Å². The molecule has 76 valence electrons. The Balaban J connectivity index is -0.000000175. The Morgan fingerprint density at radius 1 is 1.08 bits per heavy atom. The van der Waals surface area contributed by atoms with Gasteiger partial charge in [0.2, 0.25) is 0 Å². The van der Waals surface area contributed by atoms with Gasteiger partial charge >= 0.3 is 0 Å². The first-order valence-corrected chi connectivity index (χ1v) is 4.77. The smallest absolute Gasteiger partial charge is 0.131 e. The van der Waals surface area contributed by atoms with Gasteiger partial charge in [-0.15, -0.1) is 0 Å². The summed E-state index contributed by atoms with van der Waals surface area (Å²) in [5.41, 5.74) is 0. The molecule has 0 aliphatic heterocycles. The molecule has 0 saturated carbocycles. The van der Waals surface area contributed by atoms with E-state index in [1.54, 1.807) is 6.92 Å². The van der Waals surface area contributed by atoms with Crippen LogP contribution in [0, 0.1) is 0 Å². The third kappa shape index (κ3) is 33.5. The molecule has 0 N–H and O–H groups in total. The second kappa shape index (κ2) is 16.9. The quantitative estimate of drug-likeness (QED) is 0.657. The van der Waals surface area contributed by atoms with Crippen molar-refractivity contribution in [1.82, 2.24) is 4.90 Å². The van der Waals surface area contributed by atoms with Gasteiger partial charge in [0, 0.05) is 13.0 Å². The Morgan fingerprint density at radius 3 is 1.50 bits per heavy atom. The first kappa shape index (κ1) is 17.6. The Hall–Kier alpha value is -0.370. The van der Waals surface area contributed by atoms with Crippen molar-refractivity contribution in [3.63, 3.8) is 0 Å². The van der Waals surface area contributed by atoms with Crippen LogP contribution >= 0.6 is 0 Å². The molecule has 0 spiro atoms. The Morgan fingerprint density at radius 2 is 1.42 bits per heavy atom. The molecule has 0 rings (SSSR count). The van der Waals surface area contributed by atoms with E-state index in [-0.39, 0.29) is 5.78 Å². The molecule has 2 nitrogen and oxygen atoms in total. The van der Waals surface area contributed by atoms with Crippen LogP contribution in [0.4, 0.5) is 0 Å². The molecular formula is C10H25NO. The lowest BCUT2D eigenvalue weighted by Gasteiger charge is -2.05. The van der Waals surface area contributed by atoms with E-state index in [2.05, 4.69) is 0 Å². The van der Waals surface area contributed by atoms with E-state index in [0.29, 0.717) is 6.42 Å². The van der Waals surface area contributed by atoms with Gasteiger partial charge in [-0.1, -0.05) is 27.7 Å². The molecule has 12 heavy (non-hydrogen) atoms. The number of Topliss-reactive ketones (excluding diaryl/α,β-unsaturated/α-hetero) is 1. The van der Waals surface area contributed by atoms with Gasteiger partial charge in [-0.25, -0.2) is 0 Å². The lowest BCUT2D eigenvalue weighted by molar-refractivity contribution is -0.117. The molecule has 0 atom stereocenters. The maximum Gasteiger partial charge on any atom is 0.131 e. The lowest BCUT2D eigenvalue weighted by Crippen LogP contribution is -2.15. The molecule has 0 aromatic carbocycles. The predicted octanol–water partition coefficient (Wildman–Crippen LogP) is 2.58. The molecule has 0 fully saturated rings. The molecule has 0 unspecified atom stereocenters. The van der Waals surface area contributed by atoms with Gasteiger partial charge in [-0.2, -0.15) is 0 Å². The summed E-state index contributed by atoms with van der Waals surface area (Å²) in [5.74, 6) is 0.263. The summed E-state index contributed by atoms with van der Waals surface area (Å²) in [6.07, 6.45) is 0.674. The fourth-order valence-corrected chi connectivity index (χ4v) is 0.381. The van der Waals surface area contributed by atoms with Crippen molar-refractivity contribution in [2.75, 3.05) is 20.6 Å². The fraction of sp³-hybridized carbons (Fsp3) is 0.900. The van der Waals surface area contributed by atoms with Crippen molar-refractivity contribution in [2.45, 2.75) is 41.0 Å². The van der Waals surface area contributed by atoms with Crippen molar-refractivity contribution in [3.8, 4) is 0 Å². The van der Waals surface area contributed by atoms with E-state index in [9.17, 15) is 4.79 Å². The maximum absolute atomic E-state index is 10.3. The number of carbonyl (C=O) groups excluding carboxylic acids is 1. The maximum atomic E-state index is 10.3. The highest BCUT2D eigenvalue weighted by Crippen LogP contribution is 1.82. The van der Waals surface area contributed by atoms with Gasteiger partial charge < -0.3 is 4.90 Å². The van der Waals surface area contributed by atoms with Gasteiger partial charge in [-0.3, -0.25) is 4.79 Å². The molecule has 0 bridgehead atoms. The SMILES string of the molecule is CC.CC.CC(=O)CCN(C)C. The van der Waals surface area contributed by atoms with Gasteiger partial charge in [0.05, 0.1) is 0 Å². The fourth-order valence-electron chi connectivity index (χ4n) is 0.381. The van der Waals surface area contributed by atoms with Crippen molar-refractivity contribution in [1.29, 1.82) is 0 Å². The summed E-state index contributed by atoms with van der Waals surface area (Å²) in [5, 5.41) is 0. The summed E-state index contributed by atoms with van der Waals surface area (Å²) in [7, 11) is 3.92. The van der Waals surface area contributed by atoms with E-state index in [4.69, 9.17) is 0 Å². The van der Waals surface area contributed by atoms with Crippen LogP contribution in [-0.2, 0) is 4.79 Å². The topological polar surface area (TPSA) is 20.3 Å². The van der Waals surface area contributed by atoms with Crippen LogP contribution in [0.5, 0.6) is 0 Å². The molecule has 0 heterocycles. The third-order valence-electron chi connectivity index (χ3n) is 0.911. The minimum Gasteiger partial charge on any atom is -0.309 e. The third-order valence-corrected chi connectivity index (χ3v) is 0.911. The van der Waals surface area contributed by atoms with Crippen LogP contribution in [0.2, 0.25) is 0 Å². The van der Waals surface area contributed by atoms with Crippen LogP contribution < -0.4 is 0 Å². The summed E-state index contributed by atoms with van der Waals surface area (Å²) in [6, 6.07) is 0. The largest absolute Gasteiger partial charge is 0.309 e. The molecule has 0 aromatic rings. The van der Waals surface area contributed by atoms with Crippen LogP contribution in [-0.4, -0.2) is 31.3 Å². The Kier molecular flexibility index (Phi) is 24.9. The lowest BCUT2D eigenvalue weighted by atomic mass is 10.3. The predicted molar refractivity (Wildman–Crippen MR) is 56.5 cm³/mol. The highest BCUT2D eigenvalue weighted by atomic mass is 16.1. The number of hydrogen-bond donors (Lipinski definition) is 0. The zero-order chi connectivity index (χ0) is 10.6. The number of rotatable bonds is 3. The minimum atomic E-state index is 0.263. The van der Waals surface area contributed by atoms with Crippen molar-refractivity contribution < 1.29 is 4.79 Å². The van der Waals surface area contributed by atoms with Crippen molar-refractivity contribution in [3.05, 3.63) is 0 Å². The Bertz CT molecular complexity index is 79.9. The number of ketones is 1. The van der Waals surface area contributed by atoms with Gasteiger partial charge in [0.1, 0.15) is 5.78 Å². The van der Waals surface area contributed by atoms with E-state index in [1.165, 1.54) is 0 Å². The van der Waals surface area contributed by atoms with E-state index < -0.39 is 0 Å². The second-order valence-electron chi connectivity index (χ2n) is 2.26. The number of carbonyl (C=O) groups is 1. The molecule has 0 amide bonds. The number of nitrogens with zero attached hydrogens (tertiary/aromatic N) is 1. The zero-order valence-corrected chi connectivity index (χ0v) is 9.77. The minimum absolute atomic E-state index is 0.263. The highest BCUT2D eigenvalue weighted by molar-refractivity contribution is 5.75. The van der Waals surface area contributed by atoms with Gasteiger partial charge in [-0.05, 0) is 21.0 Å². The van der Waals surface area contributed by atoms with Crippen molar-refractivity contribution >= 4 is 5.78 Å². The summed E-state index contributed by atoms with van der Waals surface area (Å²) >= 11 is 0. The zero-order valence-electron chi connectivity index (χ0n) is 9.77. The average Bonchev–Trinajstić information content (AvgIpc) is 2.08. The van der Waals surface area contributed by atoms with Crippen molar-refractivity contribution in [2.24, 2.45) is 0 Å². The summed E-state index contributed by atoms with van der Waals surface area (Å²) in [4.78, 5) is 12.3. The molecule has 0 aliphatic rings. The van der Waals surface area contributed by atoms with E-state index >= 15 is 0 Å². The van der Waals surface area contributed by atoms with Gasteiger partial charge in [0.15, 0.2) is 0 Å². The second-order valence-corrected chi connectivity index (χ2v) is 2.26. The molecular weight excluding hydrogens is 150 g/mol. The Labute approximate surface area is 78.0 Å². The normalized spacial score (nSPS) is 7.67. The first-order chi connectivity index (χ1) is 5.63. The molecule has 0 saturated heterocycles. The monoisotopic (exact) mass is 175 g/mol. The standard InChI is InChI=1S/C6H13NO.2C2H6/c1-6(8)4-5-7(2)3;2*1-2/h4-5H2,1-3H3;2*1-2H3. The molecule has 0 aromatic heterocycles. The van der Waals surface area contributed by atoms with Crippen LogP contribution in [0.1, 0.15) is 41.0 Å². The van der Waals surface area contributed by atoms with E-state index in [0.717, 1.165) is 6.54 Å². The van der Waals surface area contributed by atoms with Crippen LogP contribution in [0.15, 0.2) is 0 Å². The first-order valence-electron chi connectivity index (χ1n) is 4.77. The van der Waals surface area contributed by atoms with Crippen LogP contribution in [0.3, 0.4) is 0 Å². The van der Waals surface area contributed by atoms with Crippen LogP contribution in [0.25, 0.3) is 0 Å². The molecule has 0 aliphatic carbocycles.